The average molecular weight is 364 g/mol. The van der Waals surface area contributed by atoms with Gasteiger partial charge >= 0.3 is 0 Å². The molecule has 8 nitrogen and oxygen atoms in total. The summed E-state index contributed by atoms with van der Waals surface area (Å²) in [5.74, 6) is 0.742. The maximum atomic E-state index is 12.5. The molecule has 2 amide bonds. The van der Waals surface area contributed by atoms with Gasteiger partial charge in [0.05, 0.1) is 6.54 Å². The van der Waals surface area contributed by atoms with Crippen molar-refractivity contribution in [2.24, 2.45) is 0 Å². The molecule has 1 saturated heterocycles. The molecule has 1 atom stereocenters. The van der Waals surface area contributed by atoms with E-state index in [0.29, 0.717) is 39.1 Å². The van der Waals surface area contributed by atoms with Crippen molar-refractivity contribution in [2.75, 3.05) is 26.3 Å². The molecule has 0 saturated carbocycles. The highest BCUT2D eigenvalue weighted by atomic mass is 16.5. The van der Waals surface area contributed by atoms with Crippen LogP contribution in [0.2, 0.25) is 0 Å². The number of rotatable bonds is 5. The fraction of sp³-hybridized carbons (Fsp3) is 0.722. The number of hydrogen-bond acceptors (Lipinski definition) is 5. The number of ether oxygens (including phenoxy) is 2. The number of likely N-dealkylation sites (tertiary alicyclic amines) is 1. The summed E-state index contributed by atoms with van der Waals surface area (Å²) in [6, 6.07) is 0.0595. The first kappa shape index (κ1) is 18.8. The summed E-state index contributed by atoms with van der Waals surface area (Å²) in [5.41, 5.74) is -0.622. The lowest BCUT2D eigenvalue weighted by Gasteiger charge is -2.45. The Morgan fingerprint density at radius 2 is 2.15 bits per heavy atom. The van der Waals surface area contributed by atoms with Crippen molar-refractivity contribution in [2.45, 2.75) is 57.9 Å². The smallest absolute Gasteiger partial charge is 0.251 e. The molecule has 2 aliphatic rings. The van der Waals surface area contributed by atoms with Crippen LogP contribution < -0.4 is 5.32 Å². The number of carbonyl (C=O) groups is 2. The molecule has 1 aromatic rings. The molecule has 0 aromatic carbocycles. The summed E-state index contributed by atoms with van der Waals surface area (Å²) in [6.45, 7) is 7.96. The van der Waals surface area contributed by atoms with Crippen LogP contribution >= 0.6 is 0 Å². The van der Waals surface area contributed by atoms with Crippen molar-refractivity contribution >= 4 is 11.8 Å². The van der Waals surface area contributed by atoms with Gasteiger partial charge in [-0.15, -0.1) is 0 Å². The number of aromatic nitrogens is 2. The molecule has 26 heavy (non-hydrogen) atoms. The quantitative estimate of drug-likeness (QED) is 0.830. The van der Waals surface area contributed by atoms with Gasteiger partial charge in [0, 0.05) is 51.0 Å². The molecule has 1 aromatic heterocycles. The Hall–Kier alpha value is -1.93. The van der Waals surface area contributed by atoms with Gasteiger partial charge in [-0.3, -0.25) is 9.59 Å². The number of piperidine rings is 1. The minimum atomic E-state index is -0.622. The van der Waals surface area contributed by atoms with Crippen LogP contribution in [0.4, 0.5) is 0 Å². The molecule has 3 heterocycles. The van der Waals surface area contributed by atoms with Crippen molar-refractivity contribution in [1.29, 1.82) is 0 Å². The van der Waals surface area contributed by atoms with Crippen LogP contribution in [-0.2, 0) is 31.2 Å². The molecule has 2 aliphatic heterocycles. The van der Waals surface area contributed by atoms with E-state index in [1.807, 2.05) is 31.5 Å². The zero-order valence-electron chi connectivity index (χ0n) is 15.7. The Morgan fingerprint density at radius 3 is 2.81 bits per heavy atom. The minimum Gasteiger partial charge on any atom is -0.372 e. The number of fused-ring (bicyclic) bond motifs is 2. The van der Waals surface area contributed by atoms with E-state index >= 15 is 0 Å². The van der Waals surface area contributed by atoms with E-state index in [4.69, 9.17) is 9.47 Å². The van der Waals surface area contributed by atoms with Gasteiger partial charge in [0.25, 0.3) is 5.91 Å². The molecule has 0 bridgehead atoms. The SMILES string of the molecule is CCOCC(=O)N1CCC2(CC1)OC(C(=O)NC(C)C)Cn1ccnc12. The van der Waals surface area contributed by atoms with E-state index in [2.05, 4.69) is 10.3 Å². The first-order valence-electron chi connectivity index (χ1n) is 9.30. The van der Waals surface area contributed by atoms with Crippen molar-refractivity contribution in [3.8, 4) is 0 Å². The van der Waals surface area contributed by atoms with Gasteiger partial charge < -0.3 is 24.3 Å². The van der Waals surface area contributed by atoms with Gasteiger partial charge in [-0.05, 0) is 20.8 Å². The molecular weight excluding hydrogens is 336 g/mol. The highest BCUT2D eigenvalue weighted by molar-refractivity contribution is 5.81. The average Bonchev–Trinajstić information content (AvgIpc) is 3.09. The van der Waals surface area contributed by atoms with Crippen LogP contribution in [-0.4, -0.2) is 64.7 Å². The Labute approximate surface area is 153 Å². The van der Waals surface area contributed by atoms with Crippen LogP contribution in [0.15, 0.2) is 12.4 Å². The van der Waals surface area contributed by atoms with E-state index in [1.165, 1.54) is 0 Å². The number of nitrogens with one attached hydrogen (secondary N) is 1. The predicted octanol–water partition coefficient (Wildman–Crippen LogP) is 0.661. The third kappa shape index (κ3) is 3.76. The predicted molar refractivity (Wildman–Crippen MR) is 94.4 cm³/mol. The summed E-state index contributed by atoms with van der Waals surface area (Å²) < 4.78 is 13.5. The van der Waals surface area contributed by atoms with Crippen LogP contribution in [0.5, 0.6) is 0 Å². The molecular formula is C18H28N4O4. The third-order valence-electron chi connectivity index (χ3n) is 4.93. The number of hydrogen-bond donors (Lipinski definition) is 1. The van der Waals surface area contributed by atoms with Gasteiger partial charge in [0.1, 0.15) is 18.0 Å². The molecule has 1 spiro atoms. The fourth-order valence-corrected chi connectivity index (χ4v) is 3.65. The van der Waals surface area contributed by atoms with Crippen LogP contribution in [0.1, 0.15) is 39.4 Å². The maximum absolute atomic E-state index is 12.5. The summed E-state index contributed by atoms with van der Waals surface area (Å²) in [6.07, 6.45) is 4.32. The zero-order valence-corrected chi connectivity index (χ0v) is 15.7. The monoisotopic (exact) mass is 364 g/mol. The number of amides is 2. The lowest BCUT2D eigenvalue weighted by Crippen LogP contribution is -2.55. The van der Waals surface area contributed by atoms with Crippen LogP contribution in [0.25, 0.3) is 0 Å². The normalized spacial score (nSPS) is 21.7. The molecule has 1 N–H and O–H groups in total. The molecule has 1 fully saturated rings. The van der Waals surface area contributed by atoms with Crippen LogP contribution in [0, 0.1) is 0 Å². The van der Waals surface area contributed by atoms with Gasteiger partial charge in [0.15, 0.2) is 6.10 Å². The lowest BCUT2D eigenvalue weighted by molar-refractivity contribution is -0.176. The van der Waals surface area contributed by atoms with E-state index in [1.54, 1.807) is 11.1 Å². The van der Waals surface area contributed by atoms with E-state index < -0.39 is 11.7 Å². The second-order valence-electron chi connectivity index (χ2n) is 7.19. The van der Waals surface area contributed by atoms with Gasteiger partial charge in [0.2, 0.25) is 5.91 Å². The standard InChI is InChI=1S/C18H28N4O4/c1-4-25-12-15(23)21-8-5-18(6-9-21)17-19-7-10-22(17)11-14(26-18)16(24)20-13(2)3/h7,10,13-14H,4-6,8-9,11-12H2,1-3H3,(H,20,24). The maximum Gasteiger partial charge on any atom is 0.251 e. The number of carbonyl (C=O) groups excluding carboxylic acids is 2. The highest BCUT2D eigenvalue weighted by Crippen LogP contribution is 2.40. The highest BCUT2D eigenvalue weighted by Gasteiger charge is 2.47. The van der Waals surface area contributed by atoms with E-state index in [9.17, 15) is 9.59 Å². The minimum absolute atomic E-state index is 0.00467. The molecule has 3 rings (SSSR count). The Kier molecular flexibility index (Phi) is 5.62. The van der Waals surface area contributed by atoms with Gasteiger partial charge in [-0.2, -0.15) is 0 Å². The molecule has 144 valence electrons. The summed E-state index contributed by atoms with van der Waals surface area (Å²) in [7, 11) is 0. The Bertz CT molecular complexity index is 649. The van der Waals surface area contributed by atoms with Crippen molar-refractivity contribution < 1.29 is 19.1 Å². The topological polar surface area (TPSA) is 85.7 Å². The largest absolute Gasteiger partial charge is 0.372 e. The van der Waals surface area contributed by atoms with Gasteiger partial charge in [-0.1, -0.05) is 0 Å². The summed E-state index contributed by atoms with van der Waals surface area (Å²) >= 11 is 0. The van der Waals surface area contributed by atoms with Crippen molar-refractivity contribution in [3.63, 3.8) is 0 Å². The number of imidazole rings is 1. The zero-order chi connectivity index (χ0) is 18.7. The molecule has 8 heteroatoms. The lowest BCUT2D eigenvalue weighted by atomic mass is 9.88. The first-order chi connectivity index (χ1) is 12.4. The fourth-order valence-electron chi connectivity index (χ4n) is 3.65. The van der Waals surface area contributed by atoms with Crippen molar-refractivity contribution in [1.82, 2.24) is 19.8 Å². The summed E-state index contributed by atoms with van der Waals surface area (Å²) in [4.78, 5) is 31.0. The second kappa shape index (κ2) is 7.75. The Balaban J connectivity index is 1.73. The summed E-state index contributed by atoms with van der Waals surface area (Å²) in [5, 5.41) is 2.93. The van der Waals surface area contributed by atoms with Crippen LogP contribution in [0.3, 0.4) is 0 Å². The third-order valence-corrected chi connectivity index (χ3v) is 4.93. The first-order valence-corrected chi connectivity index (χ1v) is 9.30. The van der Waals surface area contributed by atoms with E-state index in [-0.39, 0.29) is 24.5 Å². The molecule has 0 radical (unpaired) electrons. The van der Waals surface area contributed by atoms with E-state index in [0.717, 1.165) is 5.82 Å². The molecule has 1 unspecified atom stereocenters. The second-order valence-corrected chi connectivity index (χ2v) is 7.19. The molecule has 0 aliphatic carbocycles. The number of nitrogens with zero attached hydrogens (tertiary/aromatic N) is 3. The van der Waals surface area contributed by atoms with Crippen molar-refractivity contribution in [3.05, 3.63) is 18.2 Å². The van der Waals surface area contributed by atoms with Gasteiger partial charge in [-0.25, -0.2) is 4.98 Å². The Morgan fingerprint density at radius 1 is 1.42 bits per heavy atom.